The van der Waals surface area contributed by atoms with E-state index in [1.54, 1.807) is 11.0 Å². The van der Waals surface area contributed by atoms with Crippen LogP contribution in [0.15, 0.2) is 6.33 Å². The van der Waals surface area contributed by atoms with Crippen molar-refractivity contribution in [3.8, 4) is 0 Å². The number of amides is 1. The molecule has 7 heteroatoms. The van der Waals surface area contributed by atoms with Gasteiger partial charge in [-0.15, -0.1) is 5.10 Å². The lowest BCUT2D eigenvalue weighted by Crippen LogP contribution is -2.39. The third-order valence-corrected chi connectivity index (χ3v) is 3.93. The van der Waals surface area contributed by atoms with Crippen molar-refractivity contribution in [3.05, 3.63) is 6.33 Å². The number of tetrazole rings is 1. The fourth-order valence-corrected chi connectivity index (χ4v) is 2.98. The van der Waals surface area contributed by atoms with Gasteiger partial charge in [0.2, 0.25) is 5.91 Å². The molecule has 0 radical (unpaired) electrons. The molecule has 0 saturated carbocycles. The number of carbonyl (C=O) groups is 1. The highest BCUT2D eigenvalue weighted by Gasteiger charge is 2.39. The van der Waals surface area contributed by atoms with Gasteiger partial charge in [-0.1, -0.05) is 0 Å². The molecule has 0 aliphatic carbocycles. The fourth-order valence-electron chi connectivity index (χ4n) is 2.98. The van der Waals surface area contributed by atoms with Crippen LogP contribution in [0.2, 0.25) is 0 Å². The van der Waals surface area contributed by atoms with Gasteiger partial charge in [0.05, 0.1) is 0 Å². The van der Waals surface area contributed by atoms with Crippen molar-refractivity contribution < 1.29 is 4.79 Å². The van der Waals surface area contributed by atoms with Gasteiger partial charge in [-0.2, -0.15) is 0 Å². The van der Waals surface area contributed by atoms with Crippen molar-refractivity contribution in [1.29, 1.82) is 0 Å². The van der Waals surface area contributed by atoms with Crippen LogP contribution in [0.1, 0.15) is 19.3 Å². The van der Waals surface area contributed by atoms with Crippen LogP contribution in [0.25, 0.3) is 0 Å². The number of carbonyl (C=O) groups excluding carboxylic acids is 1. The quantitative estimate of drug-likeness (QED) is 0.762. The van der Waals surface area contributed by atoms with Crippen molar-refractivity contribution in [2.75, 3.05) is 19.6 Å². The van der Waals surface area contributed by atoms with E-state index in [0.717, 1.165) is 32.5 Å². The molecule has 2 fully saturated rings. The van der Waals surface area contributed by atoms with Gasteiger partial charge >= 0.3 is 0 Å². The van der Waals surface area contributed by atoms with Gasteiger partial charge < -0.3 is 10.2 Å². The van der Waals surface area contributed by atoms with Gasteiger partial charge in [0.15, 0.2) is 0 Å². The Labute approximate surface area is 106 Å². The molecule has 98 valence electrons. The number of aromatic nitrogens is 4. The van der Waals surface area contributed by atoms with Crippen molar-refractivity contribution in [2.45, 2.75) is 31.8 Å². The first-order valence-electron chi connectivity index (χ1n) is 6.55. The molecule has 2 aliphatic rings. The van der Waals surface area contributed by atoms with Crippen LogP contribution in [0, 0.1) is 5.92 Å². The lowest BCUT2D eigenvalue weighted by atomic mass is 10.1. The van der Waals surface area contributed by atoms with Crippen molar-refractivity contribution in [1.82, 2.24) is 30.4 Å². The summed E-state index contributed by atoms with van der Waals surface area (Å²) in [5, 5.41) is 14.3. The third-order valence-electron chi connectivity index (χ3n) is 3.93. The molecule has 0 bridgehead atoms. The zero-order valence-electron chi connectivity index (χ0n) is 10.3. The lowest BCUT2D eigenvalue weighted by molar-refractivity contribution is -0.132. The molecule has 2 aliphatic heterocycles. The second kappa shape index (κ2) is 5.01. The first kappa shape index (κ1) is 11.6. The van der Waals surface area contributed by atoms with E-state index < -0.39 is 0 Å². The van der Waals surface area contributed by atoms with Crippen molar-refractivity contribution in [3.63, 3.8) is 0 Å². The minimum absolute atomic E-state index is 0.277. The Morgan fingerprint density at radius 1 is 1.44 bits per heavy atom. The maximum absolute atomic E-state index is 12.2. The summed E-state index contributed by atoms with van der Waals surface area (Å²) in [5.74, 6) is 0.952. The van der Waals surface area contributed by atoms with E-state index in [2.05, 4.69) is 25.7 Å². The summed E-state index contributed by atoms with van der Waals surface area (Å²) in [7, 11) is 0. The van der Waals surface area contributed by atoms with Gasteiger partial charge in [0.25, 0.3) is 0 Å². The fraction of sp³-hybridized carbons (Fsp3) is 0.818. The largest absolute Gasteiger partial charge is 0.338 e. The van der Waals surface area contributed by atoms with Crippen molar-refractivity contribution >= 4 is 5.91 Å². The zero-order chi connectivity index (χ0) is 12.4. The van der Waals surface area contributed by atoms with E-state index >= 15 is 0 Å². The average Bonchev–Trinajstić information content (AvgIpc) is 3.05. The van der Waals surface area contributed by atoms with Crippen LogP contribution < -0.4 is 5.32 Å². The number of fused-ring (bicyclic) bond motifs is 1. The average molecular weight is 250 g/mol. The Kier molecular flexibility index (Phi) is 3.22. The molecule has 1 aromatic heterocycles. The standard InChI is InChI=1S/C11H18N6O/c18-11(2-1-4-16-8-13-14-15-16)17-5-3-9-6-12-7-10(9)17/h8-10,12H,1-7H2. The molecule has 0 spiro atoms. The van der Waals surface area contributed by atoms with Gasteiger partial charge in [-0.05, 0) is 29.2 Å². The molecular formula is C11H18N6O. The maximum Gasteiger partial charge on any atom is 0.222 e. The third kappa shape index (κ3) is 2.22. The zero-order valence-corrected chi connectivity index (χ0v) is 10.3. The topological polar surface area (TPSA) is 75.9 Å². The smallest absolute Gasteiger partial charge is 0.222 e. The summed E-state index contributed by atoms with van der Waals surface area (Å²) in [6.07, 6.45) is 4.11. The molecular weight excluding hydrogens is 232 g/mol. The van der Waals surface area contributed by atoms with Crippen LogP contribution in [-0.2, 0) is 11.3 Å². The number of rotatable bonds is 4. The monoisotopic (exact) mass is 250 g/mol. The molecule has 1 N–H and O–H groups in total. The Bertz CT molecular complexity index is 406. The first-order chi connectivity index (χ1) is 8.84. The van der Waals surface area contributed by atoms with E-state index in [9.17, 15) is 4.79 Å². The SMILES string of the molecule is O=C(CCCn1cnnn1)N1CCC2CNCC21. The summed E-state index contributed by atoms with van der Waals surface area (Å²) in [4.78, 5) is 14.2. The van der Waals surface area contributed by atoms with Crippen LogP contribution in [-0.4, -0.2) is 56.7 Å². The Morgan fingerprint density at radius 3 is 3.22 bits per heavy atom. The highest BCUT2D eigenvalue weighted by Crippen LogP contribution is 2.27. The predicted molar refractivity (Wildman–Crippen MR) is 63.5 cm³/mol. The first-order valence-corrected chi connectivity index (χ1v) is 6.55. The Morgan fingerprint density at radius 2 is 2.39 bits per heavy atom. The molecule has 7 nitrogen and oxygen atoms in total. The van der Waals surface area contributed by atoms with E-state index in [4.69, 9.17) is 0 Å². The van der Waals surface area contributed by atoms with E-state index in [1.165, 1.54) is 0 Å². The van der Waals surface area contributed by atoms with E-state index in [1.807, 2.05) is 0 Å². The number of likely N-dealkylation sites (tertiary alicyclic amines) is 1. The van der Waals surface area contributed by atoms with E-state index in [0.29, 0.717) is 24.9 Å². The van der Waals surface area contributed by atoms with Crippen LogP contribution in [0.4, 0.5) is 0 Å². The lowest BCUT2D eigenvalue weighted by Gasteiger charge is -2.23. The Hall–Kier alpha value is -1.50. The second-order valence-electron chi connectivity index (χ2n) is 5.04. The highest BCUT2D eigenvalue weighted by molar-refractivity contribution is 5.77. The van der Waals surface area contributed by atoms with Gasteiger partial charge in [0.1, 0.15) is 6.33 Å². The molecule has 3 heterocycles. The molecule has 2 unspecified atom stereocenters. The summed E-state index contributed by atoms with van der Waals surface area (Å²) in [5.41, 5.74) is 0. The van der Waals surface area contributed by atoms with Gasteiger partial charge in [-0.3, -0.25) is 4.79 Å². The summed E-state index contributed by atoms with van der Waals surface area (Å²) >= 11 is 0. The van der Waals surface area contributed by atoms with Gasteiger partial charge in [0, 0.05) is 38.6 Å². The van der Waals surface area contributed by atoms with Crippen LogP contribution in [0.3, 0.4) is 0 Å². The molecule has 18 heavy (non-hydrogen) atoms. The van der Waals surface area contributed by atoms with Crippen molar-refractivity contribution in [2.24, 2.45) is 5.92 Å². The Balaban J connectivity index is 1.47. The molecule has 0 aromatic carbocycles. The highest BCUT2D eigenvalue weighted by atomic mass is 16.2. The molecule has 3 rings (SSSR count). The normalized spacial score (nSPS) is 26.6. The minimum Gasteiger partial charge on any atom is -0.338 e. The molecule has 1 amide bonds. The number of hydrogen-bond acceptors (Lipinski definition) is 5. The van der Waals surface area contributed by atoms with Crippen LogP contribution in [0.5, 0.6) is 0 Å². The van der Waals surface area contributed by atoms with Crippen LogP contribution >= 0.6 is 0 Å². The summed E-state index contributed by atoms with van der Waals surface area (Å²) < 4.78 is 1.66. The molecule has 2 saturated heterocycles. The number of nitrogens with one attached hydrogen (secondary N) is 1. The number of aryl methyl sites for hydroxylation is 1. The predicted octanol–water partition coefficient (Wildman–Crippen LogP) is -0.726. The molecule has 1 aromatic rings. The summed E-state index contributed by atoms with van der Waals surface area (Å²) in [6.45, 7) is 3.67. The summed E-state index contributed by atoms with van der Waals surface area (Å²) in [6, 6.07) is 0.436. The number of nitrogens with zero attached hydrogens (tertiary/aromatic N) is 5. The van der Waals surface area contributed by atoms with E-state index in [-0.39, 0.29) is 5.91 Å². The number of hydrogen-bond donors (Lipinski definition) is 1. The maximum atomic E-state index is 12.2. The van der Waals surface area contributed by atoms with Gasteiger partial charge in [-0.25, -0.2) is 4.68 Å². The minimum atomic E-state index is 0.277. The second-order valence-corrected chi connectivity index (χ2v) is 5.04. The molecule has 2 atom stereocenters.